The van der Waals surface area contributed by atoms with Crippen LogP contribution >= 0.6 is 23.2 Å². The zero-order valence-corrected chi connectivity index (χ0v) is 14.3. The fraction of sp³-hybridized carbons (Fsp3) is 0.167. The topological polar surface area (TPSA) is 40.3 Å². The summed E-state index contributed by atoms with van der Waals surface area (Å²) in [4.78, 5) is 6.92. The lowest BCUT2D eigenvalue weighted by molar-refractivity contribution is 1.03. The molecule has 0 aromatic heterocycles. The predicted octanol–water partition coefficient (Wildman–Crippen LogP) is 4.00. The van der Waals surface area contributed by atoms with E-state index in [1.807, 2.05) is 36.4 Å². The highest BCUT2D eigenvalue weighted by Gasteiger charge is 2.27. The van der Waals surface area contributed by atoms with E-state index in [0.717, 1.165) is 34.1 Å². The Morgan fingerprint density at radius 1 is 1.04 bits per heavy atom. The number of benzene rings is 2. The molecule has 2 aromatic rings. The molecule has 0 N–H and O–H groups in total. The van der Waals surface area contributed by atoms with Crippen LogP contribution in [0.25, 0.3) is 0 Å². The van der Waals surface area contributed by atoms with Crippen molar-refractivity contribution in [2.75, 3.05) is 23.9 Å². The molecular formula is C18H14Cl2N4. The van der Waals surface area contributed by atoms with Gasteiger partial charge in [-0.3, -0.25) is 4.99 Å². The molecule has 0 unspecified atom stereocenters. The van der Waals surface area contributed by atoms with Crippen molar-refractivity contribution in [1.82, 2.24) is 0 Å². The van der Waals surface area contributed by atoms with Crippen molar-refractivity contribution in [3.8, 4) is 0 Å². The Bertz CT molecular complexity index is 872. The number of nitrogens with zero attached hydrogens (tertiary/aromatic N) is 4. The lowest BCUT2D eigenvalue weighted by Gasteiger charge is -2.27. The number of aliphatic imine (C=N–C) groups is 1. The summed E-state index contributed by atoms with van der Waals surface area (Å²) >= 11 is 12.2. The molecule has 2 aliphatic heterocycles. The summed E-state index contributed by atoms with van der Waals surface area (Å²) in [7, 11) is 0. The van der Waals surface area contributed by atoms with Gasteiger partial charge >= 0.3 is 0 Å². The molecule has 2 heterocycles. The predicted molar refractivity (Wildman–Crippen MR) is 101 cm³/mol. The van der Waals surface area contributed by atoms with Gasteiger partial charge in [-0.2, -0.15) is 5.10 Å². The molecule has 0 saturated carbocycles. The minimum Gasteiger partial charge on any atom is -0.320 e. The molecule has 4 nitrogen and oxygen atoms in total. The van der Waals surface area contributed by atoms with Crippen LogP contribution in [0.15, 0.2) is 63.7 Å². The molecule has 0 spiro atoms. The molecule has 0 radical (unpaired) electrons. The van der Waals surface area contributed by atoms with Crippen molar-refractivity contribution in [3.63, 3.8) is 0 Å². The summed E-state index contributed by atoms with van der Waals surface area (Å²) in [5, 5.41) is 9.20. The quantitative estimate of drug-likeness (QED) is 0.749. The maximum Gasteiger partial charge on any atom is 0.154 e. The SMILES string of the molecule is ClCC1=NN=C2CN=C(c3ccccc3)c3cc(Cl)ccc3N2C1. The average Bonchev–Trinajstić information content (AvgIpc) is 2.78. The number of alkyl halides is 1. The third-order valence-corrected chi connectivity index (χ3v) is 4.59. The van der Waals surface area contributed by atoms with E-state index in [4.69, 9.17) is 28.2 Å². The third-order valence-electron chi connectivity index (χ3n) is 4.04. The van der Waals surface area contributed by atoms with E-state index in [0.29, 0.717) is 24.0 Å². The van der Waals surface area contributed by atoms with Crippen molar-refractivity contribution in [2.45, 2.75) is 0 Å². The molecule has 0 bridgehead atoms. The maximum absolute atomic E-state index is 6.27. The number of anilines is 1. The molecule has 120 valence electrons. The highest BCUT2D eigenvalue weighted by atomic mass is 35.5. The summed E-state index contributed by atoms with van der Waals surface area (Å²) in [5.41, 5.74) is 4.83. The molecule has 0 fully saturated rings. The number of fused-ring (bicyclic) bond motifs is 3. The van der Waals surface area contributed by atoms with E-state index in [1.54, 1.807) is 0 Å². The Morgan fingerprint density at radius 2 is 1.88 bits per heavy atom. The minimum atomic E-state index is 0.364. The van der Waals surface area contributed by atoms with Gasteiger partial charge in [-0.15, -0.1) is 16.7 Å². The molecule has 0 atom stereocenters. The fourth-order valence-electron chi connectivity index (χ4n) is 2.91. The van der Waals surface area contributed by atoms with Gasteiger partial charge in [0.2, 0.25) is 0 Å². The standard InChI is InChI=1S/C18H14Cl2N4/c19-9-14-11-24-16-7-6-13(20)8-15(16)18(12-4-2-1-3-5-12)21-10-17(24)23-22-14/h1-8H,9-11H2. The van der Waals surface area contributed by atoms with Gasteiger partial charge in [-0.25, -0.2) is 0 Å². The Hall–Kier alpha value is -2.17. The average molecular weight is 357 g/mol. The van der Waals surface area contributed by atoms with Crippen LogP contribution in [0, 0.1) is 0 Å². The number of hydrogen-bond acceptors (Lipinski definition) is 4. The zero-order valence-electron chi connectivity index (χ0n) is 12.8. The molecule has 6 heteroatoms. The molecule has 0 aliphatic carbocycles. The van der Waals surface area contributed by atoms with Crippen LogP contribution in [0.1, 0.15) is 11.1 Å². The van der Waals surface area contributed by atoms with Crippen molar-refractivity contribution in [2.24, 2.45) is 15.2 Å². The Morgan fingerprint density at radius 3 is 2.67 bits per heavy atom. The van der Waals surface area contributed by atoms with Crippen molar-refractivity contribution < 1.29 is 0 Å². The Balaban J connectivity index is 1.89. The lowest BCUT2D eigenvalue weighted by atomic mass is 10.00. The normalized spacial score (nSPS) is 16.4. The van der Waals surface area contributed by atoms with Gasteiger partial charge < -0.3 is 4.90 Å². The van der Waals surface area contributed by atoms with E-state index in [1.165, 1.54) is 0 Å². The number of halogens is 2. The molecule has 2 aliphatic rings. The number of amidine groups is 1. The second-order valence-corrected chi connectivity index (χ2v) is 6.30. The van der Waals surface area contributed by atoms with Crippen molar-refractivity contribution in [3.05, 3.63) is 64.7 Å². The second kappa shape index (κ2) is 6.38. The number of hydrogen-bond donors (Lipinski definition) is 0. The van der Waals surface area contributed by atoms with E-state index in [2.05, 4.69) is 27.2 Å². The van der Waals surface area contributed by atoms with E-state index < -0.39 is 0 Å². The summed E-state index contributed by atoms with van der Waals surface area (Å²) in [6, 6.07) is 16.0. The van der Waals surface area contributed by atoms with Gasteiger partial charge in [0.1, 0.15) is 0 Å². The first-order valence-corrected chi connectivity index (χ1v) is 8.53. The molecule has 2 aromatic carbocycles. The maximum atomic E-state index is 6.27. The second-order valence-electron chi connectivity index (χ2n) is 5.59. The third kappa shape index (κ3) is 2.72. The zero-order chi connectivity index (χ0) is 16.5. The summed E-state index contributed by atoms with van der Waals surface area (Å²) in [5.74, 6) is 1.18. The first-order chi connectivity index (χ1) is 11.8. The van der Waals surface area contributed by atoms with Crippen LogP contribution in [-0.2, 0) is 0 Å². The van der Waals surface area contributed by atoms with Gasteiger partial charge in [-0.05, 0) is 18.2 Å². The molecule has 4 rings (SSSR count). The van der Waals surface area contributed by atoms with Gasteiger partial charge in [0, 0.05) is 16.1 Å². The van der Waals surface area contributed by atoms with E-state index in [9.17, 15) is 0 Å². The van der Waals surface area contributed by atoms with E-state index in [-0.39, 0.29) is 0 Å². The van der Waals surface area contributed by atoms with Gasteiger partial charge in [-0.1, -0.05) is 41.9 Å². The molecular weight excluding hydrogens is 343 g/mol. The van der Waals surface area contributed by atoms with Gasteiger partial charge in [0.15, 0.2) is 5.84 Å². The Labute approximate surface area is 150 Å². The van der Waals surface area contributed by atoms with Crippen LogP contribution in [-0.4, -0.2) is 36.2 Å². The smallest absolute Gasteiger partial charge is 0.154 e. The Kier molecular flexibility index (Phi) is 4.08. The largest absolute Gasteiger partial charge is 0.320 e. The molecule has 24 heavy (non-hydrogen) atoms. The summed E-state index contributed by atoms with van der Waals surface area (Å²) in [6.07, 6.45) is 0. The van der Waals surface area contributed by atoms with Gasteiger partial charge in [0.05, 0.1) is 36.1 Å². The highest BCUT2D eigenvalue weighted by Crippen LogP contribution is 2.30. The van der Waals surface area contributed by atoms with Crippen LogP contribution in [0.4, 0.5) is 5.69 Å². The van der Waals surface area contributed by atoms with Gasteiger partial charge in [0.25, 0.3) is 0 Å². The van der Waals surface area contributed by atoms with E-state index >= 15 is 0 Å². The van der Waals surface area contributed by atoms with Crippen LogP contribution in [0.3, 0.4) is 0 Å². The monoisotopic (exact) mass is 356 g/mol. The minimum absolute atomic E-state index is 0.364. The number of rotatable bonds is 2. The van der Waals surface area contributed by atoms with Crippen molar-refractivity contribution in [1.29, 1.82) is 0 Å². The molecule has 0 amide bonds. The fourth-order valence-corrected chi connectivity index (χ4v) is 3.22. The summed E-state index contributed by atoms with van der Waals surface area (Å²) < 4.78 is 0. The van der Waals surface area contributed by atoms with Crippen LogP contribution < -0.4 is 4.90 Å². The van der Waals surface area contributed by atoms with Crippen LogP contribution in [0.5, 0.6) is 0 Å². The first-order valence-electron chi connectivity index (χ1n) is 7.62. The summed E-state index contributed by atoms with van der Waals surface area (Å²) in [6.45, 7) is 1.09. The molecule has 0 saturated heterocycles. The van der Waals surface area contributed by atoms with Crippen LogP contribution in [0.2, 0.25) is 5.02 Å². The lowest BCUT2D eigenvalue weighted by Crippen LogP contribution is -2.40. The highest BCUT2D eigenvalue weighted by molar-refractivity contribution is 6.32. The van der Waals surface area contributed by atoms with Crippen molar-refractivity contribution >= 4 is 46.1 Å². The first kappa shape index (κ1) is 15.4.